The van der Waals surface area contributed by atoms with Crippen LogP contribution in [0.3, 0.4) is 0 Å². The number of carbonyl (C=O) groups excluding carboxylic acids is 2. The van der Waals surface area contributed by atoms with E-state index in [4.69, 9.17) is 0 Å². The van der Waals surface area contributed by atoms with E-state index in [0.29, 0.717) is 6.54 Å². The van der Waals surface area contributed by atoms with Crippen LogP contribution < -0.4 is 5.43 Å². The van der Waals surface area contributed by atoms with Gasteiger partial charge in [0.1, 0.15) is 0 Å². The topological polar surface area (TPSA) is 55.9 Å². The molecule has 0 unspecified atom stereocenters. The lowest BCUT2D eigenvalue weighted by Gasteiger charge is -2.32. The maximum Gasteiger partial charge on any atom is 0.323 e. The SMILES string of the molecule is CCCCN(C)C(=O)C(=O)NN1CCN(C)CC1. The monoisotopic (exact) mass is 256 g/mol. The number of nitrogens with zero attached hydrogens (tertiary/aromatic N) is 3. The number of rotatable bonds is 4. The molecular formula is C12H24N4O2. The summed E-state index contributed by atoms with van der Waals surface area (Å²) in [6.45, 7) is 6.01. The molecule has 1 N–H and O–H groups in total. The molecule has 1 aliphatic heterocycles. The van der Waals surface area contributed by atoms with Gasteiger partial charge in [0.25, 0.3) is 0 Å². The fourth-order valence-corrected chi connectivity index (χ4v) is 1.78. The van der Waals surface area contributed by atoms with Crippen LogP contribution >= 0.6 is 0 Å². The van der Waals surface area contributed by atoms with Crippen LogP contribution in [0.15, 0.2) is 0 Å². The van der Waals surface area contributed by atoms with E-state index < -0.39 is 11.8 Å². The van der Waals surface area contributed by atoms with E-state index in [1.807, 2.05) is 12.1 Å². The molecule has 1 aliphatic rings. The minimum absolute atomic E-state index is 0.456. The Morgan fingerprint density at radius 3 is 2.39 bits per heavy atom. The highest BCUT2D eigenvalue weighted by atomic mass is 16.2. The first-order valence-electron chi connectivity index (χ1n) is 6.54. The van der Waals surface area contributed by atoms with Crippen LogP contribution in [0.1, 0.15) is 19.8 Å². The number of unbranched alkanes of at least 4 members (excludes halogenated alkanes) is 1. The van der Waals surface area contributed by atoms with Gasteiger partial charge >= 0.3 is 11.8 Å². The van der Waals surface area contributed by atoms with Crippen LogP contribution in [0.5, 0.6) is 0 Å². The van der Waals surface area contributed by atoms with E-state index in [0.717, 1.165) is 39.0 Å². The summed E-state index contributed by atoms with van der Waals surface area (Å²) in [6, 6.07) is 0. The first-order chi connectivity index (χ1) is 8.54. The number of hydrogen-bond acceptors (Lipinski definition) is 4. The molecule has 1 rings (SSSR count). The van der Waals surface area contributed by atoms with Gasteiger partial charge in [-0.15, -0.1) is 0 Å². The molecule has 1 fully saturated rings. The smallest absolute Gasteiger partial charge is 0.323 e. The third kappa shape index (κ3) is 4.62. The molecule has 6 nitrogen and oxygen atoms in total. The second-order valence-electron chi connectivity index (χ2n) is 4.81. The van der Waals surface area contributed by atoms with Crippen LogP contribution in [-0.2, 0) is 9.59 Å². The fraction of sp³-hybridized carbons (Fsp3) is 0.833. The van der Waals surface area contributed by atoms with Gasteiger partial charge in [-0.25, -0.2) is 5.01 Å². The molecule has 0 aromatic heterocycles. The number of hydrazine groups is 1. The molecule has 2 amide bonds. The molecule has 18 heavy (non-hydrogen) atoms. The van der Waals surface area contributed by atoms with Gasteiger partial charge < -0.3 is 9.80 Å². The Labute approximate surface area is 109 Å². The summed E-state index contributed by atoms with van der Waals surface area (Å²) in [5, 5.41) is 1.81. The zero-order valence-electron chi connectivity index (χ0n) is 11.6. The Hall–Kier alpha value is -1.14. The van der Waals surface area contributed by atoms with Gasteiger partial charge in [0.05, 0.1) is 0 Å². The molecule has 0 atom stereocenters. The fourth-order valence-electron chi connectivity index (χ4n) is 1.78. The molecule has 0 bridgehead atoms. The normalized spacial score (nSPS) is 17.5. The van der Waals surface area contributed by atoms with Crippen LogP contribution in [0.4, 0.5) is 0 Å². The summed E-state index contributed by atoms with van der Waals surface area (Å²) in [4.78, 5) is 27.2. The zero-order chi connectivity index (χ0) is 13.5. The van der Waals surface area contributed by atoms with E-state index >= 15 is 0 Å². The predicted molar refractivity (Wildman–Crippen MR) is 69.8 cm³/mol. The lowest BCUT2D eigenvalue weighted by atomic mass is 10.3. The van der Waals surface area contributed by atoms with Gasteiger partial charge in [-0.3, -0.25) is 15.0 Å². The predicted octanol–water partition coefficient (Wildman–Crippen LogP) is -0.476. The highest BCUT2D eigenvalue weighted by Gasteiger charge is 2.22. The first kappa shape index (κ1) is 14.9. The van der Waals surface area contributed by atoms with Crippen LogP contribution in [0.25, 0.3) is 0 Å². The van der Waals surface area contributed by atoms with Crippen molar-refractivity contribution in [2.75, 3.05) is 46.8 Å². The second kappa shape index (κ2) is 7.33. The average Bonchev–Trinajstić information content (AvgIpc) is 2.37. The summed E-state index contributed by atoms with van der Waals surface area (Å²) in [6.07, 6.45) is 1.93. The van der Waals surface area contributed by atoms with Crippen molar-refractivity contribution in [2.24, 2.45) is 0 Å². The molecule has 0 aromatic rings. The van der Waals surface area contributed by atoms with Gasteiger partial charge in [-0.1, -0.05) is 13.3 Å². The van der Waals surface area contributed by atoms with Gasteiger partial charge in [-0.05, 0) is 13.5 Å². The van der Waals surface area contributed by atoms with E-state index in [9.17, 15) is 9.59 Å². The largest absolute Gasteiger partial charge is 0.337 e. The number of piperazine rings is 1. The average molecular weight is 256 g/mol. The third-order valence-corrected chi connectivity index (χ3v) is 3.15. The van der Waals surface area contributed by atoms with Crippen LogP contribution in [0.2, 0.25) is 0 Å². The standard InChI is InChI=1S/C12H24N4O2/c1-4-5-6-15(3)12(18)11(17)13-16-9-7-14(2)8-10-16/h4-10H2,1-3H3,(H,13,17). The van der Waals surface area contributed by atoms with E-state index in [1.165, 1.54) is 4.90 Å². The van der Waals surface area contributed by atoms with E-state index in [2.05, 4.69) is 17.2 Å². The second-order valence-corrected chi connectivity index (χ2v) is 4.81. The number of hydrogen-bond donors (Lipinski definition) is 1. The maximum absolute atomic E-state index is 11.8. The number of nitrogens with one attached hydrogen (secondary N) is 1. The summed E-state index contributed by atoms with van der Waals surface area (Å²) in [7, 11) is 3.71. The van der Waals surface area contributed by atoms with Crippen molar-refractivity contribution >= 4 is 11.8 Å². The van der Waals surface area contributed by atoms with E-state index in [1.54, 1.807) is 7.05 Å². The van der Waals surface area contributed by atoms with Crippen molar-refractivity contribution in [3.05, 3.63) is 0 Å². The van der Waals surface area contributed by atoms with Crippen LogP contribution in [-0.4, -0.2) is 73.4 Å². The van der Waals surface area contributed by atoms with Crippen molar-refractivity contribution in [3.8, 4) is 0 Å². The van der Waals surface area contributed by atoms with Gasteiger partial charge in [0.15, 0.2) is 0 Å². The zero-order valence-corrected chi connectivity index (χ0v) is 11.6. The third-order valence-electron chi connectivity index (χ3n) is 3.15. The summed E-state index contributed by atoms with van der Waals surface area (Å²) < 4.78 is 0. The number of amides is 2. The Morgan fingerprint density at radius 2 is 1.83 bits per heavy atom. The quantitative estimate of drug-likeness (QED) is 0.691. The lowest BCUT2D eigenvalue weighted by molar-refractivity contribution is -0.148. The highest BCUT2D eigenvalue weighted by molar-refractivity contribution is 6.34. The molecule has 0 aliphatic carbocycles. The Balaban J connectivity index is 2.33. The molecule has 1 saturated heterocycles. The van der Waals surface area contributed by atoms with Crippen molar-refractivity contribution in [3.63, 3.8) is 0 Å². The molecule has 104 valence electrons. The summed E-state index contributed by atoms with van der Waals surface area (Å²) in [5.74, 6) is -0.986. The number of likely N-dealkylation sites (N-methyl/N-ethyl adjacent to an activating group) is 2. The summed E-state index contributed by atoms with van der Waals surface area (Å²) in [5.41, 5.74) is 2.67. The van der Waals surface area contributed by atoms with E-state index in [-0.39, 0.29) is 0 Å². The lowest BCUT2D eigenvalue weighted by Crippen LogP contribution is -2.55. The minimum Gasteiger partial charge on any atom is -0.337 e. The maximum atomic E-state index is 11.8. The highest BCUT2D eigenvalue weighted by Crippen LogP contribution is 1.97. The molecule has 0 radical (unpaired) electrons. The molecule has 0 spiro atoms. The van der Waals surface area contributed by atoms with Gasteiger partial charge in [0.2, 0.25) is 0 Å². The Bertz CT molecular complexity index is 288. The number of carbonyl (C=O) groups is 2. The minimum atomic E-state index is -0.529. The van der Waals surface area contributed by atoms with Gasteiger partial charge in [-0.2, -0.15) is 0 Å². The molecular weight excluding hydrogens is 232 g/mol. The molecule has 1 heterocycles. The van der Waals surface area contributed by atoms with Crippen molar-refractivity contribution in [1.82, 2.24) is 20.2 Å². The molecule has 0 saturated carbocycles. The van der Waals surface area contributed by atoms with Crippen molar-refractivity contribution < 1.29 is 9.59 Å². The summed E-state index contributed by atoms with van der Waals surface area (Å²) >= 11 is 0. The Morgan fingerprint density at radius 1 is 1.22 bits per heavy atom. The molecule has 0 aromatic carbocycles. The van der Waals surface area contributed by atoms with Crippen molar-refractivity contribution in [1.29, 1.82) is 0 Å². The Kier molecular flexibility index (Phi) is 6.07. The van der Waals surface area contributed by atoms with Crippen LogP contribution in [0, 0.1) is 0 Å². The van der Waals surface area contributed by atoms with Gasteiger partial charge in [0, 0.05) is 39.8 Å². The molecule has 6 heteroatoms. The van der Waals surface area contributed by atoms with Crippen molar-refractivity contribution in [2.45, 2.75) is 19.8 Å². The first-order valence-corrected chi connectivity index (χ1v) is 6.54.